The Morgan fingerprint density at radius 3 is 2.23 bits per heavy atom. The fraction of sp³-hybridized carbons (Fsp3) is 0.350. The fourth-order valence-corrected chi connectivity index (χ4v) is 2.75. The molecule has 0 fully saturated rings. The Morgan fingerprint density at radius 2 is 1.65 bits per heavy atom. The highest BCUT2D eigenvalue weighted by Gasteiger charge is 2.31. The third-order valence-electron chi connectivity index (χ3n) is 4.40. The number of anilines is 2. The largest absolute Gasteiger partial charge is 0.416 e. The van der Waals surface area contributed by atoms with Gasteiger partial charge in [0.15, 0.2) is 0 Å². The second kappa shape index (κ2) is 7.81. The van der Waals surface area contributed by atoms with Crippen molar-refractivity contribution >= 4 is 17.6 Å². The molecule has 0 amide bonds. The molecule has 0 heterocycles. The molecule has 0 radical (unpaired) electrons. The molecule has 26 heavy (non-hydrogen) atoms. The number of rotatable bonds is 7. The summed E-state index contributed by atoms with van der Waals surface area (Å²) in [4.78, 5) is 0. The molecule has 0 unspecified atom stereocenters. The van der Waals surface area contributed by atoms with E-state index in [1.165, 1.54) is 18.3 Å². The van der Waals surface area contributed by atoms with Gasteiger partial charge in [0, 0.05) is 23.3 Å². The normalized spacial score (nSPS) is 12.0. The first-order valence-corrected chi connectivity index (χ1v) is 8.42. The standard InChI is InChI=1S/C20H24F3N3/c1-19(2,15-5-7-16(8-6-15)20(21,22)23)13-26-18-10-9-17(25)12-14(18)4-3-11-24/h5-12,24,26H,3-4,13,25H2,1-2H3. The lowest BCUT2D eigenvalue weighted by Crippen LogP contribution is -2.28. The molecule has 6 heteroatoms. The van der Waals surface area contributed by atoms with Gasteiger partial charge in [-0.25, -0.2) is 0 Å². The quantitative estimate of drug-likeness (QED) is 0.464. The van der Waals surface area contributed by atoms with Crippen molar-refractivity contribution in [1.29, 1.82) is 5.41 Å². The fourth-order valence-electron chi connectivity index (χ4n) is 2.75. The average molecular weight is 363 g/mol. The molecule has 4 N–H and O–H groups in total. The van der Waals surface area contributed by atoms with Crippen molar-refractivity contribution in [3.05, 3.63) is 59.2 Å². The lowest BCUT2D eigenvalue weighted by Gasteiger charge is -2.27. The predicted molar refractivity (Wildman–Crippen MR) is 101 cm³/mol. The topological polar surface area (TPSA) is 61.9 Å². The van der Waals surface area contributed by atoms with Gasteiger partial charge in [-0.3, -0.25) is 0 Å². The molecule has 140 valence electrons. The van der Waals surface area contributed by atoms with E-state index in [2.05, 4.69) is 5.32 Å². The third kappa shape index (κ3) is 5.00. The van der Waals surface area contributed by atoms with Gasteiger partial charge in [0.1, 0.15) is 0 Å². The molecule has 2 rings (SSSR count). The molecule has 2 aromatic carbocycles. The van der Waals surface area contributed by atoms with Crippen molar-refractivity contribution in [3.63, 3.8) is 0 Å². The Balaban J connectivity index is 2.14. The van der Waals surface area contributed by atoms with Crippen molar-refractivity contribution in [2.75, 3.05) is 17.6 Å². The molecular weight excluding hydrogens is 339 g/mol. The molecule has 0 bridgehead atoms. The minimum atomic E-state index is -4.32. The van der Waals surface area contributed by atoms with E-state index in [1.807, 2.05) is 26.0 Å². The van der Waals surface area contributed by atoms with Gasteiger partial charge >= 0.3 is 6.18 Å². The van der Waals surface area contributed by atoms with E-state index in [4.69, 9.17) is 11.1 Å². The van der Waals surface area contributed by atoms with Crippen LogP contribution >= 0.6 is 0 Å². The van der Waals surface area contributed by atoms with Crippen molar-refractivity contribution in [1.82, 2.24) is 0 Å². The summed E-state index contributed by atoms with van der Waals surface area (Å²) in [5.74, 6) is 0. The maximum absolute atomic E-state index is 12.7. The van der Waals surface area contributed by atoms with Crippen molar-refractivity contribution in [2.24, 2.45) is 0 Å². The Bertz CT molecular complexity index is 750. The SMILES string of the molecule is CC(C)(CNc1ccc(N)cc1CCC=N)c1ccc(C(F)(F)F)cc1. The maximum Gasteiger partial charge on any atom is 0.416 e. The van der Waals surface area contributed by atoms with Crippen LogP contribution < -0.4 is 11.1 Å². The zero-order valence-electron chi connectivity index (χ0n) is 15.0. The summed E-state index contributed by atoms with van der Waals surface area (Å²) in [6.45, 7) is 4.52. The van der Waals surface area contributed by atoms with Crippen LogP contribution in [0.3, 0.4) is 0 Å². The highest BCUT2D eigenvalue weighted by Crippen LogP contribution is 2.32. The van der Waals surface area contributed by atoms with Gasteiger partial charge < -0.3 is 16.5 Å². The first kappa shape index (κ1) is 19.8. The second-order valence-electron chi connectivity index (χ2n) is 6.97. The van der Waals surface area contributed by atoms with Crippen LogP contribution in [0.25, 0.3) is 0 Å². The Kier molecular flexibility index (Phi) is 5.95. The van der Waals surface area contributed by atoms with E-state index >= 15 is 0 Å². The van der Waals surface area contributed by atoms with Gasteiger partial charge in [0.05, 0.1) is 5.56 Å². The molecule has 0 saturated carbocycles. The highest BCUT2D eigenvalue weighted by molar-refractivity contribution is 5.61. The zero-order chi connectivity index (χ0) is 19.4. The summed E-state index contributed by atoms with van der Waals surface area (Å²) in [6.07, 6.45) is -1.63. The molecule has 0 aromatic heterocycles. The highest BCUT2D eigenvalue weighted by atomic mass is 19.4. The molecule has 0 aliphatic rings. The van der Waals surface area contributed by atoms with Gasteiger partial charge in [-0.05, 0) is 60.5 Å². The van der Waals surface area contributed by atoms with Crippen molar-refractivity contribution in [2.45, 2.75) is 38.3 Å². The first-order chi connectivity index (χ1) is 12.1. The van der Waals surface area contributed by atoms with Gasteiger partial charge in [-0.2, -0.15) is 13.2 Å². The lowest BCUT2D eigenvalue weighted by atomic mass is 9.84. The summed E-state index contributed by atoms with van der Waals surface area (Å²) in [7, 11) is 0. The molecule has 0 spiro atoms. The van der Waals surface area contributed by atoms with Crippen LogP contribution in [0.15, 0.2) is 42.5 Å². The number of benzene rings is 2. The van der Waals surface area contributed by atoms with Gasteiger partial charge in [-0.1, -0.05) is 26.0 Å². The van der Waals surface area contributed by atoms with E-state index < -0.39 is 11.7 Å². The summed E-state index contributed by atoms with van der Waals surface area (Å²) in [6, 6.07) is 10.9. The number of hydrogen-bond acceptors (Lipinski definition) is 3. The Hall–Kier alpha value is -2.50. The number of nitrogens with two attached hydrogens (primary N) is 1. The summed E-state index contributed by atoms with van der Waals surface area (Å²) in [5.41, 5.74) is 8.30. The summed E-state index contributed by atoms with van der Waals surface area (Å²) < 4.78 is 38.2. The molecular formula is C20H24F3N3. The van der Waals surface area contributed by atoms with E-state index in [9.17, 15) is 13.2 Å². The van der Waals surface area contributed by atoms with Crippen LogP contribution in [0.4, 0.5) is 24.5 Å². The van der Waals surface area contributed by atoms with Crippen LogP contribution in [0.2, 0.25) is 0 Å². The van der Waals surface area contributed by atoms with Crippen molar-refractivity contribution in [3.8, 4) is 0 Å². The monoisotopic (exact) mass is 363 g/mol. The molecule has 0 aliphatic carbocycles. The van der Waals surface area contributed by atoms with E-state index in [-0.39, 0.29) is 5.41 Å². The molecule has 0 atom stereocenters. The Morgan fingerprint density at radius 1 is 1.04 bits per heavy atom. The van der Waals surface area contributed by atoms with Crippen LogP contribution in [-0.2, 0) is 18.0 Å². The van der Waals surface area contributed by atoms with Gasteiger partial charge in [0.2, 0.25) is 0 Å². The van der Waals surface area contributed by atoms with Gasteiger partial charge in [0.25, 0.3) is 0 Å². The number of nitrogens with one attached hydrogen (secondary N) is 2. The Labute approximate surface area is 151 Å². The minimum absolute atomic E-state index is 0.357. The summed E-state index contributed by atoms with van der Waals surface area (Å²) in [5, 5.41) is 10.6. The van der Waals surface area contributed by atoms with E-state index in [0.717, 1.165) is 28.9 Å². The molecule has 3 nitrogen and oxygen atoms in total. The minimum Gasteiger partial charge on any atom is -0.399 e. The molecule has 2 aromatic rings. The molecule has 0 saturated heterocycles. The second-order valence-corrected chi connectivity index (χ2v) is 6.97. The number of hydrogen-bond donors (Lipinski definition) is 3. The predicted octanol–water partition coefficient (Wildman–Crippen LogP) is 5.26. The maximum atomic E-state index is 12.7. The first-order valence-electron chi connectivity index (χ1n) is 8.42. The van der Waals surface area contributed by atoms with E-state index in [0.29, 0.717) is 25.1 Å². The van der Waals surface area contributed by atoms with Crippen LogP contribution in [0.5, 0.6) is 0 Å². The van der Waals surface area contributed by atoms with Crippen LogP contribution in [0, 0.1) is 5.41 Å². The number of aryl methyl sites for hydroxylation is 1. The van der Waals surface area contributed by atoms with E-state index in [1.54, 1.807) is 6.07 Å². The van der Waals surface area contributed by atoms with Gasteiger partial charge in [-0.15, -0.1) is 0 Å². The summed E-state index contributed by atoms with van der Waals surface area (Å²) >= 11 is 0. The average Bonchev–Trinajstić information content (AvgIpc) is 2.58. The number of halogens is 3. The third-order valence-corrected chi connectivity index (χ3v) is 4.40. The lowest BCUT2D eigenvalue weighted by molar-refractivity contribution is -0.137. The number of alkyl halides is 3. The molecule has 0 aliphatic heterocycles. The van der Waals surface area contributed by atoms with Crippen LogP contribution in [-0.4, -0.2) is 12.8 Å². The van der Waals surface area contributed by atoms with Crippen LogP contribution in [0.1, 0.15) is 37.0 Å². The van der Waals surface area contributed by atoms with Crippen molar-refractivity contribution < 1.29 is 13.2 Å². The number of nitrogen functional groups attached to an aromatic ring is 1. The smallest absolute Gasteiger partial charge is 0.399 e. The zero-order valence-corrected chi connectivity index (χ0v) is 15.0.